The molecule has 1 amide bonds. The highest BCUT2D eigenvalue weighted by molar-refractivity contribution is 6.03. The molecule has 1 N–H and O–H groups in total. The maximum Gasteiger partial charge on any atom is 0.277 e. The second-order valence-electron chi connectivity index (χ2n) is 6.40. The Morgan fingerprint density at radius 2 is 1.77 bits per heavy atom. The van der Waals surface area contributed by atoms with E-state index in [1.165, 1.54) is 5.56 Å². The minimum atomic E-state index is -0.256. The van der Waals surface area contributed by atoms with Crippen LogP contribution < -0.4 is 10.2 Å². The van der Waals surface area contributed by atoms with Crippen LogP contribution >= 0.6 is 0 Å². The number of carbonyl (C=O) groups is 1. The summed E-state index contributed by atoms with van der Waals surface area (Å²) in [7, 11) is 0. The van der Waals surface area contributed by atoms with Gasteiger partial charge in [0.1, 0.15) is 5.75 Å². The van der Waals surface area contributed by atoms with Crippen molar-refractivity contribution in [3.05, 3.63) is 77.9 Å². The lowest BCUT2D eigenvalue weighted by Crippen LogP contribution is -2.26. The Morgan fingerprint density at radius 3 is 2.69 bits per heavy atom. The zero-order valence-corrected chi connectivity index (χ0v) is 14.4. The minimum Gasteiger partial charge on any atom is -0.484 e. The molecule has 4 heteroatoms. The molecule has 130 valence electrons. The quantitative estimate of drug-likeness (QED) is 0.725. The molecule has 0 saturated carbocycles. The van der Waals surface area contributed by atoms with Gasteiger partial charge >= 0.3 is 0 Å². The fraction of sp³-hybridized carbons (Fsp3) is 0.182. The summed E-state index contributed by atoms with van der Waals surface area (Å²) >= 11 is 0. The minimum absolute atomic E-state index is 0.0588. The molecule has 0 fully saturated rings. The molecule has 0 atom stereocenters. The Hall–Kier alpha value is -3.14. The summed E-state index contributed by atoms with van der Waals surface area (Å²) in [6, 6.07) is 22.1. The van der Waals surface area contributed by atoms with E-state index >= 15 is 0 Å². The van der Waals surface area contributed by atoms with Crippen molar-refractivity contribution in [2.75, 3.05) is 6.61 Å². The number of ether oxygens (including phenoxy) is 1. The summed E-state index contributed by atoms with van der Waals surface area (Å²) in [5, 5.41) is 6.56. The number of hydrogen-bond donors (Lipinski definition) is 1. The molecule has 0 heterocycles. The highest BCUT2D eigenvalue weighted by atomic mass is 16.5. The number of hydrazone groups is 1. The van der Waals surface area contributed by atoms with E-state index in [2.05, 4.69) is 22.7 Å². The van der Waals surface area contributed by atoms with E-state index in [4.69, 9.17) is 4.74 Å². The fourth-order valence-corrected chi connectivity index (χ4v) is 3.29. The summed E-state index contributed by atoms with van der Waals surface area (Å²) in [5.41, 5.74) is 5.99. The number of carbonyl (C=O) groups excluding carboxylic acids is 1. The van der Waals surface area contributed by atoms with Gasteiger partial charge in [-0.05, 0) is 47.7 Å². The topological polar surface area (TPSA) is 50.7 Å². The lowest BCUT2D eigenvalue weighted by Gasteiger charge is -2.17. The van der Waals surface area contributed by atoms with Crippen LogP contribution in [0.15, 0.2) is 71.8 Å². The van der Waals surface area contributed by atoms with E-state index in [9.17, 15) is 4.79 Å². The molecule has 0 spiro atoms. The molecule has 4 nitrogen and oxygen atoms in total. The molecular weight excluding hydrogens is 324 g/mol. The van der Waals surface area contributed by atoms with Crippen molar-refractivity contribution in [1.29, 1.82) is 0 Å². The van der Waals surface area contributed by atoms with Crippen molar-refractivity contribution in [2.45, 2.75) is 19.3 Å². The third-order valence-corrected chi connectivity index (χ3v) is 4.59. The van der Waals surface area contributed by atoms with Gasteiger partial charge in [0, 0.05) is 5.56 Å². The van der Waals surface area contributed by atoms with Crippen LogP contribution in [0.3, 0.4) is 0 Å². The van der Waals surface area contributed by atoms with E-state index in [0.29, 0.717) is 5.75 Å². The number of rotatable bonds is 4. The van der Waals surface area contributed by atoms with Gasteiger partial charge in [-0.3, -0.25) is 4.79 Å². The fourth-order valence-electron chi connectivity index (χ4n) is 3.29. The molecule has 3 aromatic carbocycles. The maximum atomic E-state index is 12.1. The number of aryl methyl sites for hydroxylation is 1. The second kappa shape index (κ2) is 7.40. The van der Waals surface area contributed by atoms with Crippen LogP contribution in [0.25, 0.3) is 10.8 Å². The predicted octanol–water partition coefficient (Wildman–Crippen LogP) is 4.08. The van der Waals surface area contributed by atoms with E-state index in [0.717, 1.165) is 41.3 Å². The lowest BCUT2D eigenvalue weighted by atomic mass is 9.90. The van der Waals surface area contributed by atoms with E-state index < -0.39 is 0 Å². The molecule has 26 heavy (non-hydrogen) atoms. The monoisotopic (exact) mass is 344 g/mol. The van der Waals surface area contributed by atoms with Gasteiger partial charge in [-0.2, -0.15) is 5.10 Å². The molecule has 1 aliphatic rings. The van der Waals surface area contributed by atoms with Crippen LogP contribution in [0.2, 0.25) is 0 Å². The third-order valence-electron chi connectivity index (χ3n) is 4.59. The molecule has 3 aromatic rings. The molecule has 0 radical (unpaired) electrons. The van der Waals surface area contributed by atoms with Crippen LogP contribution in [0.4, 0.5) is 0 Å². The smallest absolute Gasteiger partial charge is 0.277 e. The number of fused-ring (bicyclic) bond motifs is 2. The molecule has 0 unspecified atom stereocenters. The van der Waals surface area contributed by atoms with E-state index in [1.54, 1.807) is 0 Å². The van der Waals surface area contributed by atoms with Crippen molar-refractivity contribution in [3.8, 4) is 5.75 Å². The molecule has 4 rings (SSSR count). The molecule has 0 saturated heterocycles. The zero-order valence-electron chi connectivity index (χ0n) is 14.4. The normalized spacial score (nSPS) is 14.8. The molecule has 0 bridgehead atoms. The first-order valence-electron chi connectivity index (χ1n) is 8.85. The maximum absolute atomic E-state index is 12.1. The van der Waals surface area contributed by atoms with Crippen molar-refractivity contribution in [2.24, 2.45) is 5.10 Å². The molecule has 0 aromatic heterocycles. The summed E-state index contributed by atoms with van der Waals surface area (Å²) in [5.74, 6) is 0.420. The Morgan fingerprint density at radius 1 is 0.962 bits per heavy atom. The van der Waals surface area contributed by atoms with Crippen molar-refractivity contribution in [3.63, 3.8) is 0 Å². The largest absolute Gasteiger partial charge is 0.484 e. The van der Waals surface area contributed by atoms with Gasteiger partial charge in [-0.15, -0.1) is 0 Å². The lowest BCUT2D eigenvalue weighted by molar-refractivity contribution is -0.123. The van der Waals surface area contributed by atoms with Gasteiger partial charge in [-0.1, -0.05) is 54.6 Å². The number of amides is 1. The summed E-state index contributed by atoms with van der Waals surface area (Å²) < 4.78 is 5.60. The predicted molar refractivity (Wildman–Crippen MR) is 104 cm³/mol. The zero-order chi connectivity index (χ0) is 17.8. The average molecular weight is 344 g/mol. The molecular formula is C22H20N2O2. The highest BCUT2D eigenvalue weighted by Crippen LogP contribution is 2.22. The van der Waals surface area contributed by atoms with E-state index in [1.807, 2.05) is 54.6 Å². The number of hydrogen-bond acceptors (Lipinski definition) is 3. The van der Waals surface area contributed by atoms with Gasteiger partial charge in [0.25, 0.3) is 5.91 Å². The Labute approximate surface area is 152 Å². The Kier molecular flexibility index (Phi) is 4.65. The number of nitrogens with zero attached hydrogens (tertiary/aromatic N) is 1. The summed E-state index contributed by atoms with van der Waals surface area (Å²) in [4.78, 5) is 12.1. The molecule has 1 aliphatic carbocycles. The van der Waals surface area contributed by atoms with Crippen LogP contribution in [-0.2, 0) is 11.2 Å². The van der Waals surface area contributed by atoms with Gasteiger partial charge in [0.05, 0.1) is 5.71 Å². The van der Waals surface area contributed by atoms with Crippen molar-refractivity contribution >= 4 is 22.4 Å². The van der Waals surface area contributed by atoms with Crippen LogP contribution in [-0.4, -0.2) is 18.2 Å². The van der Waals surface area contributed by atoms with Gasteiger partial charge in [0.2, 0.25) is 0 Å². The van der Waals surface area contributed by atoms with Crippen LogP contribution in [0.1, 0.15) is 24.0 Å². The third kappa shape index (κ3) is 3.59. The molecule has 0 aliphatic heterocycles. The van der Waals surface area contributed by atoms with Gasteiger partial charge in [-0.25, -0.2) is 5.43 Å². The van der Waals surface area contributed by atoms with Gasteiger partial charge in [0.15, 0.2) is 6.61 Å². The Bertz CT molecular complexity index is 979. The summed E-state index contributed by atoms with van der Waals surface area (Å²) in [6.45, 7) is -0.0588. The van der Waals surface area contributed by atoms with Gasteiger partial charge < -0.3 is 4.74 Å². The van der Waals surface area contributed by atoms with Crippen molar-refractivity contribution in [1.82, 2.24) is 5.43 Å². The first-order chi connectivity index (χ1) is 12.8. The standard InChI is InChI=1S/C22H20N2O2/c25-22(15-26-19-13-12-16-6-1-2-8-18(16)14-19)24-23-21-11-5-9-17-7-3-4-10-20(17)21/h1-4,6-8,10,12-14H,5,9,11,15H2,(H,24,25)/b23-21+. The highest BCUT2D eigenvalue weighted by Gasteiger charge is 2.15. The first kappa shape index (κ1) is 16.3. The SMILES string of the molecule is O=C(COc1ccc2ccccc2c1)N/N=C1\CCCc2ccccc21. The number of nitrogens with one attached hydrogen (secondary N) is 1. The van der Waals surface area contributed by atoms with Crippen LogP contribution in [0, 0.1) is 0 Å². The average Bonchev–Trinajstić information content (AvgIpc) is 2.70. The number of benzene rings is 3. The van der Waals surface area contributed by atoms with Crippen molar-refractivity contribution < 1.29 is 9.53 Å². The van der Waals surface area contributed by atoms with Crippen LogP contribution in [0.5, 0.6) is 5.75 Å². The summed E-state index contributed by atoms with van der Waals surface area (Å²) in [6.07, 6.45) is 3.00. The first-order valence-corrected chi connectivity index (χ1v) is 8.85. The second-order valence-corrected chi connectivity index (χ2v) is 6.40. The Balaban J connectivity index is 1.38. The van der Waals surface area contributed by atoms with E-state index in [-0.39, 0.29) is 12.5 Å².